The molecule has 1 rings (SSSR count). The van der Waals surface area contributed by atoms with Crippen LogP contribution in [0.3, 0.4) is 0 Å². The van der Waals surface area contributed by atoms with Gasteiger partial charge in [-0.3, -0.25) is 9.78 Å². The molecule has 0 saturated carbocycles. The molecule has 3 nitrogen and oxygen atoms in total. The molecular weight excluding hydrogens is 200 g/mol. The molecule has 0 radical (unpaired) electrons. The summed E-state index contributed by atoms with van der Waals surface area (Å²) in [6, 6.07) is 1.84. The third-order valence-electron chi connectivity index (χ3n) is 2.01. The zero-order valence-electron chi connectivity index (χ0n) is 8.49. The van der Waals surface area contributed by atoms with Gasteiger partial charge in [0.25, 0.3) is 0 Å². The van der Waals surface area contributed by atoms with Crippen LogP contribution in [0.2, 0.25) is 0 Å². The highest BCUT2D eigenvalue weighted by Gasteiger charge is 2.20. The third kappa shape index (κ3) is 2.23. The van der Waals surface area contributed by atoms with Gasteiger partial charge in [0.15, 0.2) is 0 Å². The van der Waals surface area contributed by atoms with Crippen LogP contribution in [-0.4, -0.2) is 29.9 Å². The average molecular weight is 213 g/mol. The molecule has 0 N–H and O–H groups in total. The Morgan fingerprint density at radius 3 is 2.71 bits per heavy atom. The van der Waals surface area contributed by atoms with E-state index in [0.29, 0.717) is 0 Å². The molecule has 0 aliphatic carbocycles. The molecule has 0 aromatic carbocycles. The Kier molecular flexibility index (Phi) is 3.47. The van der Waals surface area contributed by atoms with Gasteiger partial charge >= 0.3 is 0 Å². The largest absolute Gasteiger partial charge is 0.347 e. The number of aromatic nitrogens is 1. The van der Waals surface area contributed by atoms with Gasteiger partial charge in [0.05, 0.1) is 0 Å². The topological polar surface area (TPSA) is 33.2 Å². The smallest absolute Gasteiger partial charge is 0.244 e. The first kappa shape index (κ1) is 11.0. The standard InChI is InChI=1S/C10H13ClN2O/c1-7-4-5-12-6-8(7)9(11)10(14)13(2)3/h4-6,9H,1-3H3. The van der Waals surface area contributed by atoms with Crippen LogP contribution in [0.4, 0.5) is 0 Å². The van der Waals surface area contributed by atoms with Gasteiger partial charge in [-0.15, -0.1) is 11.6 Å². The highest BCUT2D eigenvalue weighted by Crippen LogP contribution is 2.24. The van der Waals surface area contributed by atoms with Crippen molar-refractivity contribution in [3.63, 3.8) is 0 Å². The predicted octanol–water partition coefficient (Wildman–Crippen LogP) is 1.76. The van der Waals surface area contributed by atoms with Crippen molar-refractivity contribution in [2.45, 2.75) is 12.3 Å². The van der Waals surface area contributed by atoms with Gasteiger partial charge in [0, 0.05) is 32.1 Å². The summed E-state index contributed by atoms with van der Waals surface area (Å²) in [5.74, 6) is -0.122. The minimum atomic E-state index is -0.640. The van der Waals surface area contributed by atoms with E-state index >= 15 is 0 Å². The van der Waals surface area contributed by atoms with Crippen molar-refractivity contribution in [2.24, 2.45) is 0 Å². The molecule has 14 heavy (non-hydrogen) atoms. The molecule has 0 spiro atoms. The lowest BCUT2D eigenvalue weighted by Crippen LogP contribution is -2.26. The van der Waals surface area contributed by atoms with Crippen molar-refractivity contribution in [1.82, 2.24) is 9.88 Å². The molecule has 0 aliphatic heterocycles. The molecule has 76 valence electrons. The average Bonchev–Trinajstić information content (AvgIpc) is 2.16. The van der Waals surface area contributed by atoms with Crippen molar-refractivity contribution >= 4 is 17.5 Å². The molecule has 1 aromatic rings. The van der Waals surface area contributed by atoms with E-state index < -0.39 is 5.38 Å². The zero-order chi connectivity index (χ0) is 10.7. The monoisotopic (exact) mass is 212 g/mol. The van der Waals surface area contributed by atoms with Crippen molar-refractivity contribution < 1.29 is 4.79 Å². The summed E-state index contributed by atoms with van der Waals surface area (Å²) in [5.41, 5.74) is 1.75. The van der Waals surface area contributed by atoms with Gasteiger partial charge in [-0.05, 0) is 18.6 Å². The predicted molar refractivity (Wildman–Crippen MR) is 56.3 cm³/mol. The first-order chi connectivity index (χ1) is 6.54. The van der Waals surface area contributed by atoms with Crippen LogP contribution in [0, 0.1) is 6.92 Å². The quantitative estimate of drug-likeness (QED) is 0.700. The Bertz CT molecular complexity index is 339. The fourth-order valence-electron chi connectivity index (χ4n) is 1.10. The van der Waals surface area contributed by atoms with E-state index in [1.54, 1.807) is 26.5 Å². The molecule has 0 aliphatic rings. The number of likely N-dealkylation sites (N-methyl/N-ethyl adjacent to an activating group) is 1. The SMILES string of the molecule is Cc1ccncc1C(Cl)C(=O)N(C)C. The summed E-state index contributed by atoms with van der Waals surface area (Å²) < 4.78 is 0. The first-order valence-electron chi connectivity index (χ1n) is 4.29. The Morgan fingerprint density at radius 2 is 2.21 bits per heavy atom. The van der Waals surface area contributed by atoms with Crippen LogP contribution < -0.4 is 0 Å². The number of alkyl halides is 1. The molecular formula is C10H13ClN2O. The number of pyridine rings is 1. The van der Waals surface area contributed by atoms with Gasteiger partial charge < -0.3 is 4.90 Å². The summed E-state index contributed by atoms with van der Waals surface area (Å²) in [7, 11) is 3.37. The molecule has 1 amide bonds. The second-order valence-electron chi connectivity index (χ2n) is 3.33. The van der Waals surface area contributed by atoms with Gasteiger partial charge in [0.2, 0.25) is 5.91 Å². The van der Waals surface area contributed by atoms with Crippen LogP contribution in [0.1, 0.15) is 16.5 Å². The summed E-state index contributed by atoms with van der Waals surface area (Å²) in [6.45, 7) is 1.91. The normalized spacial score (nSPS) is 12.3. The lowest BCUT2D eigenvalue weighted by Gasteiger charge is -2.16. The number of hydrogen-bond donors (Lipinski definition) is 0. The number of halogens is 1. The van der Waals surface area contributed by atoms with E-state index in [1.807, 2.05) is 13.0 Å². The molecule has 0 bridgehead atoms. The summed E-state index contributed by atoms with van der Waals surface area (Å²) in [6.07, 6.45) is 3.32. The first-order valence-corrected chi connectivity index (χ1v) is 4.73. The Morgan fingerprint density at radius 1 is 1.57 bits per heavy atom. The minimum absolute atomic E-state index is 0.122. The van der Waals surface area contributed by atoms with Crippen molar-refractivity contribution in [3.8, 4) is 0 Å². The van der Waals surface area contributed by atoms with Gasteiger partial charge in [-0.2, -0.15) is 0 Å². The molecule has 1 heterocycles. The van der Waals surface area contributed by atoms with Gasteiger partial charge in [-0.1, -0.05) is 0 Å². The lowest BCUT2D eigenvalue weighted by molar-refractivity contribution is -0.128. The van der Waals surface area contributed by atoms with E-state index in [4.69, 9.17) is 11.6 Å². The molecule has 1 unspecified atom stereocenters. The second-order valence-corrected chi connectivity index (χ2v) is 3.76. The summed E-state index contributed by atoms with van der Waals surface area (Å²) >= 11 is 6.03. The number of rotatable bonds is 2. The summed E-state index contributed by atoms with van der Waals surface area (Å²) in [5, 5.41) is -0.640. The van der Waals surface area contributed by atoms with Crippen LogP contribution in [0.25, 0.3) is 0 Å². The number of carbonyl (C=O) groups excluding carboxylic acids is 1. The highest BCUT2D eigenvalue weighted by atomic mass is 35.5. The van der Waals surface area contributed by atoms with Crippen LogP contribution in [-0.2, 0) is 4.79 Å². The van der Waals surface area contributed by atoms with Crippen LogP contribution >= 0.6 is 11.6 Å². The van der Waals surface area contributed by atoms with Gasteiger partial charge in [0.1, 0.15) is 5.38 Å². The van der Waals surface area contributed by atoms with E-state index in [1.165, 1.54) is 4.90 Å². The number of carbonyl (C=O) groups is 1. The summed E-state index contributed by atoms with van der Waals surface area (Å²) in [4.78, 5) is 17.0. The number of hydrogen-bond acceptors (Lipinski definition) is 2. The fourth-order valence-corrected chi connectivity index (χ4v) is 1.52. The van der Waals surface area contributed by atoms with Crippen molar-refractivity contribution in [2.75, 3.05) is 14.1 Å². The Hall–Kier alpha value is -1.09. The third-order valence-corrected chi connectivity index (χ3v) is 2.43. The van der Waals surface area contributed by atoms with Crippen LogP contribution in [0.15, 0.2) is 18.5 Å². The van der Waals surface area contributed by atoms with Gasteiger partial charge in [-0.25, -0.2) is 0 Å². The van der Waals surface area contributed by atoms with E-state index in [0.717, 1.165) is 11.1 Å². The van der Waals surface area contributed by atoms with Crippen LogP contribution in [0.5, 0.6) is 0 Å². The number of amides is 1. The van der Waals surface area contributed by atoms with Crippen molar-refractivity contribution in [1.29, 1.82) is 0 Å². The number of aryl methyl sites for hydroxylation is 1. The van der Waals surface area contributed by atoms with E-state index in [-0.39, 0.29) is 5.91 Å². The van der Waals surface area contributed by atoms with Crippen molar-refractivity contribution in [3.05, 3.63) is 29.6 Å². The molecule has 0 fully saturated rings. The fraction of sp³-hybridized carbons (Fsp3) is 0.400. The molecule has 4 heteroatoms. The van der Waals surface area contributed by atoms with E-state index in [2.05, 4.69) is 4.98 Å². The maximum absolute atomic E-state index is 11.6. The molecule has 1 atom stereocenters. The Balaban J connectivity index is 2.95. The van der Waals surface area contributed by atoms with E-state index in [9.17, 15) is 4.79 Å². The highest BCUT2D eigenvalue weighted by molar-refractivity contribution is 6.30. The maximum Gasteiger partial charge on any atom is 0.244 e. The minimum Gasteiger partial charge on any atom is -0.347 e. The molecule has 0 saturated heterocycles. The zero-order valence-corrected chi connectivity index (χ0v) is 9.25. The maximum atomic E-state index is 11.6. The molecule has 1 aromatic heterocycles. The Labute approximate surface area is 88.7 Å². The second kappa shape index (κ2) is 4.42. The number of nitrogens with zero attached hydrogens (tertiary/aromatic N) is 2. The lowest BCUT2D eigenvalue weighted by atomic mass is 10.1.